The van der Waals surface area contributed by atoms with Crippen molar-refractivity contribution in [3.05, 3.63) is 59.1 Å². The number of benzene rings is 2. The van der Waals surface area contributed by atoms with Gasteiger partial charge in [0.25, 0.3) is 0 Å². The Morgan fingerprint density at radius 3 is 2.57 bits per heavy atom. The number of nitrogens with zero attached hydrogens (tertiary/aromatic N) is 1. The van der Waals surface area contributed by atoms with E-state index in [1.165, 1.54) is 0 Å². The number of hydrogen-bond acceptors (Lipinski definition) is 4. The molecule has 0 amide bonds. The van der Waals surface area contributed by atoms with Crippen LogP contribution in [0.1, 0.15) is 0 Å². The van der Waals surface area contributed by atoms with E-state index in [-0.39, 0.29) is 5.76 Å². The molecule has 3 aromatic rings. The zero-order chi connectivity index (χ0) is 14.7. The average molecular weight is 285 g/mol. The SMILES string of the molecule is COc1ccccc1OCCn1c(=O)oc2ccccc21. The van der Waals surface area contributed by atoms with Crippen molar-refractivity contribution in [1.82, 2.24) is 4.57 Å². The van der Waals surface area contributed by atoms with Gasteiger partial charge in [-0.1, -0.05) is 24.3 Å². The van der Waals surface area contributed by atoms with Crippen LogP contribution in [0.15, 0.2) is 57.7 Å². The maximum Gasteiger partial charge on any atom is 0.420 e. The number of methoxy groups -OCH3 is 1. The molecule has 0 aliphatic carbocycles. The van der Waals surface area contributed by atoms with Gasteiger partial charge in [0.2, 0.25) is 0 Å². The minimum atomic E-state index is -0.375. The van der Waals surface area contributed by atoms with E-state index in [1.807, 2.05) is 42.5 Å². The third-order valence-electron chi connectivity index (χ3n) is 3.22. The van der Waals surface area contributed by atoms with Gasteiger partial charge in [0.15, 0.2) is 17.1 Å². The van der Waals surface area contributed by atoms with Crippen molar-refractivity contribution in [3.63, 3.8) is 0 Å². The molecule has 0 aliphatic heterocycles. The molecule has 0 spiro atoms. The van der Waals surface area contributed by atoms with Crippen molar-refractivity contribution in [2.45, 2.75) is 6.54 Å². The first-order valence-corrected chi connectivity index (χ1v) is 6.64. The maximum atomic E-state index is 11.8. The Labute approximate surface area is 121 Å². The van der Waals surface area contributed by atoms with E-state index >= 15 is 0 Å². The van der Waals surface area contributed by atoms with Crippen LogP contribution in [-0.4, -0.2) is 18.3 Å². The van der Waals surface area contributed by atoms with Crippen LogP contribution in [0, 0.1) is 0 Å². The van der Waals surface area contributed by atoms with Crippen LogP contribution in [-0.2, 0) is 6.54 Å². The minimum absolute atomic E-state index is 0.351. The summed E-state index contributed by atoms with van der Waals surface area (Å²) in [6.45, 7) is 0.762. The van der Waals surface area contributed by atoms with Gasteiger partial charge in [0.05, 0.1) is 19.2 Å². The molecule has 0 bridgehead atoms. The summed E-state index contributed by atoms with van der Waals surface area (Å²) in [5.74, 6) is 0.947. The summed E-state index contributed by atoms with van der Waals surface area (Å²) in [7, 11) is 1.59. The van der Waals surface area contributed by atoms with E-state index in [0.29, 0.717) is 30.2 Å². The lowest BCUT2D eigenvalue weighted by Crippen LogP contribution is -2.18. The van der Waals surface area contributed by atoms with E-state index in [4.69, 9.17) is 13.9 Å². The number of rotatable bonds is 5. The van der Waals surface area contributed by atoms with Crippen LogP contribution in [0.4, 0.5) is 0 Å². The van der Waals surface area contributed by atoms with Crippen LogP contribution >= 0.6 is 0 Å². The van der Waals surface area contributed by atoms with E-state index < -0.39 is 0 Å². The molecule has 0 saturated carbocycles. The Hall–Kier alpha value is -2.69. The van der Waals surface area contributed by atoms with Gasteiger partial charge in [-0.05, 0) is 24.3 Å². The predicted molar refractivity (Wildman–Crippen MR) is 79.0 cm³/mol. The Morgan fingerprint density at radius 2 is 1.76 bits per heavy atom. The third kappa shape index (κ3) is 2.63. The molecule has 0 radical (unpaired) electrons. The summed E-state index contributed by atoms with van der Waals surface area (Å²) in [4.78, 5) is 11.8. The maximum absolute atomic E-state index is 11.8. The first-order chi connectivity index (χ1) is 10.3. The molecule has 2 aromatic carbocycles. The molecule has 1 heterocycles. The zero-order valence-corrected chi connectivity index (χ0v) is 11.6. The summed E-state index contributed by atoms with van der Waals surface area (Å²) >= 11 is 0. The minimum Gasteiger partial charge on any atom is -0.493 e. The molecular formula is C16H15NO4. The number of oxazole rings is 1. The molecule has 0 unspecified atom stereocenters. The summed E-state index contributed by atoms with van der Waals surface area (Å²) in [5.41, 5.74) is 1.35. The fraction of sp³-hybridized carbons (Fsp3) is 0.188. The zero-order valence-electron chi connectivity index (χ0n) is 11.6. The predicted octanol–water partition coefficient (Wildman–Crippen LogP) is 2.68. The lowest BCUT2D eigenvalue weighted by atomic mass is 10.3. The fourth-order valence-corrected chi connectivity index (χ4v) is 2.21. The van der Waals surface area contributed by atoms with E-state index in [0.717, 1.165) is 5.52 Å². The van der Waals surface area contributed by atoms with Crippen molar-refractivity contribution in [2.75, 3.05) is 13.7 Å². The molecule has 0 aliphatic rings. The summed E-state index contributed by atoms with van der Waals surface area (Å²) in [6.07, 6.45) is 0. The molecule has 0 fully saturated rings. The third-order valence-corrected chi connectivity index (χ3v) is 3.22. The van der Waals surface area contributed by atoms with Crippen LogP contribution in [0.3, 0.4) is 0 Å². The Bertz CT molecular complexity index is 803. The topological polar surface area (TPSA) is 53.6 Å². The number of ether oxygens (including phenoxy) is 2. The summed E-state index contributed by atoms with van der Waals surface area (Å²) < 4.78 is 17.6. The van der Waals surface area contributed by atoms with E-state index in [9.17, 15) is 4.79 Å². The highest BCUT2D eigenvalue weighted by atomic mass is 16.5. The largest absolute Gasteiger partial charge is 0.493 e. The number of hydrogen-bond donors (Lipinski definition) is 0. The van der Waals surface area contributed by atoms with E-state index in [2.05, 4.69) is 0 Å². The molecule has 1 aromatic heterocycles. The average Bonchev–Trinajstić information content (AvgIpc) is 2.84. The number of aromatic nitrogens is 1. The van der Waals surface area contributed by atoms with Crippen molar-refractivity contribution in [1.29, 1.82) is 0 Å². The highest BCUT2D eigenvalue weighted by Gasteiger charge is 2.09. The second kappa shape index (κ2) is 5.75. The van der Waals surface area contributed by atoms with Gasteiger partial charge < -0.3 is 13.9 Å². The van der Waals surface area contributed by atoms with Crippen molar-refractivity contribution in [3.8, 4) is 11.5 Å². The standard InChI is InChI=1S/C16H15NO4/c1-19-14-8-4-5-9-15(14)20-11-10-17-12-6-2-3-7-13(12)21-16(17)18/h2-9H,10-11H2,1H3. The Morgan fingerprint density at radius 1 is 1.05 bits per heavy atom. The molecule has 0 atom stereocenters. The van der Waals surface area contributed by atoms with Crippen LogP contribution in [0.2, 0.25) is 0 Å². The molecule has 0 saturated heterocycles. The molecule has 5 nitrogen and oxygen atoms in total. The van der Waals surface area contributed by atoms with Crippen molar-refractivity contribution < 1.29 is 13.9 Å². The quantitative estimate of drug-likeness (QED) is 0.723. The second-order valence-corrected chi connectivity index (χ2v) is 4.49. The van der Waals surface area contributed by atoms with Gasteiger partial charge in [-0.3, -0.25) is 4.57 Å². The first-order valence-electron chi connectivity index (χ1n) is 6.64. The lowest BCUT2D eigenvalue weighted by Gasteiger charge is -2.10. The van der Waals surface area contributed by atoms with Gasteiger partial charge in [-0.2, -0.15) is 0 Å². The molecule has 0 N–H and O–H groups in total. The van der Waals surface area contributed by atoms with Crippen LogP contribution < -0.4 is 15.2 Å². The van der Waals surface area contributed by atoms with Crippen molar-refractivity contribution >= 4 is 11.1 Å². The second-order valence-electron chi connectivity index (χ2n) is 4.49. The Kier molecular flexibility index (Phi) is 3.64. The molecular weight excluding hydrogens is 270 g/mol. The highest BCUT2D eigenvalue weighted by Crippen LogP contribution is 2.25. The monoisotopic (exact) mass is 285 g/mol. The molecule has 108 valence electrons. The summed E-state index contributed by atoms with van der Waals surface area (Å²) in [5, 5.41) is 0. The van der Waals surface area contributed by atoms with Gasteiger partial charge in [0, 0.05) is 0 Å². The number of fused-ring (bicyclic) bond motifs is 1. The molecule has 3 rings (SSSR count). The summed E-state index contributed by atoms with van der Waals surface area (Å²) in [6, 6.07) is 14.7. The highest BCUT2D eigenvalue weighted by molar-refractivity contribution is 5.72. The van der Waals surface area contributed by atoms with Gasteiger partial charge in [-0.15, -0.1) is 0 Å². The first kappa shape index (κ1) is 13.3. The lowest BCUT2D eigenvalue weighted by molar-refractivity contribution is 0.277. The van der Waals surface area contributed by atoms with Gasteiger partial charge in [0.1, 0.15) is 6.61 Å². The fourth-order valence-electron chi connectivity index (χ4n) is 2.21. The smallest absolute Gasteiger partial charge is 0.420 e. The van der Waals surface area contributed by atoms with Crippen LogP contribution in [0.25, 0.3) is 11.1 Å². The van der Waals surface area contributed by atoms with Gasteiger partial charge >= 0.3 is 5.76 Å². The number of para-hydroxylation sites is 4. The molecule has 5 heteroatoms. The normalized spacial score (nSPS) is 10.7. The Balaban J connectivity index is 1.75. The van der Waals surface area contributed by atoms with Gasteiger partial charge in [-0.25, -0.2) is 4.79 Å². The van der Waals surface area contributed by atoms with E-state index in [1.54, 1.807) is 17.7 Å². The van der Waals surface area contributed by atoms with Crippen molar-refractivity contribution in [2.24, 2.45) is 0 Å². The van der Waals surface area contributed by atoms with Crippen LogP contribution in [0.5, 0.6) is 11.5 Å². The molecule has 21 heavy (non-hydrogen) atoms.